The van der Waals surface area contributed by atoms with Gasteiger partial charge in [-0.3, -0.25) is 4.98 Å². The quantitative estimate of drug-likeness (QED) is 0.704. The summed E-state index contributed by atoms with van der Waals surface area (Å²) in [4.78, 5) is 5.84. The number of hydrogen-bond donors (Lipinski definition) is 1. The van der Waals surface area contributed by atoms with E-state index in [-0.39, 0.29) is 0 Å². The van der Waals surface area contributed by atoms with E-state index in [1.165, 1.54) is 0 Å². The van der Waals surface area contributed by atoms with E-state index in [0.717, 1.165) is 18.5 Å². The smallest absolute Gasteiger partial charge is 0.131 e. The van der Waals surface area contributed by atoms with Crippen molar-refractivity contribution >= 4 is 5.69 Å². The fourth-order valence-corrected chi connectivity index (χ4v) is 1.44. The molecule has 0 radical (unpaired) electrons. The monoisotopic (exact) mass is 176 g/mol. The Labute approximate surface area is 77.3 Å². The SMILES string of the molecule is OC1CCC=CN1c1cccnc1. The number of hydrogen-bond acceptors (Lipinski definition) is 3. The van der Waals surface area contributed by atoms with Crippen molar-refractivity contribution in [3.8, 4) is 0 Å². The van der Waals surface area contributed by atoms with E-state index < -0.39 is 6.23 Å². The number of pyridine rings is 1. The van der Waals surface area contributed by atoms with Crippen LogP contribution in [-0.2, 0) is 0 Å². The van der Waals surface area contributed by atoms with Crippen LogP contribution in [0.2, 0.25) is 0 Å². The number of aliphatic hydroxyl groups excluding tert-OH is 1. The Bertz CT molecular complexity index is 297. The van der Waals surface area contributed by atoms with Crippen molar-refractivity contribution in [3.05, 3.63) is 36.8 Å². The molecule has 0 saturated heterocycles. The zero-order chi connectivity index (χ0) is 9.10. The van der Waals surface area contributed by atoms with Crippen molar-refractivity contribution < 1.29 is 5.11 Å². The first-order valence-electron chi connectivity index (χ1n) is 4.41. The summed E-state index contributed by atoms with van der Waals surface area (Å²) >= 11 is 0. The minimum Gasteiger partial charge on any atom is -0.373 e. The molecule has 0 fully saturated rings. The Hall–Kier alpha value is -1.35. The van der Waals surface area contributed by atoms with E-state index in [4.69, 9.17) is 0 Å². The summed E-state index contributed by atoms with van der Waals surface area (Å²) in [5.41, 5.74) is 0.936. The second-order valence-corrected chi connectivity index (χ2v) is 3.06. The lowest BCUT2D eigenvalue weighted by molar-refractivity contribution is 0.166. The molecule has 13 heavy (non-hydrogen) atoms. The van der Waals surface area contributed by atoms with Gasteiger partial charge in [-0.05, 0) is 25.0 Å². The number of rotatable bonds is 1. The highest BCUT2D eigenvalue weighted by molar-refractivity contribution is 5.47. The molecule has 1 aliphatic rings. The molecule has 1 unspecified atom stereocenters. The number of anilines is 1. The molecule has 68 valence electrons. The normalized spacial score (nSPS) is 21.9. The second kappa shape index (κ2) is 3.58. The van der Waals surface area contributed by atoms with E-state index in [0.29, 0.717) is 0 Å². The first kappa shape index (κ1) is 8.26. The minimum absolute atomic E-state index is 0.408. The molecule has 0 aromatic carbocycles. The zero-order valence-electron chi connectivity index (χ0n) is 7.30. The lowest BCUT2D eigenvalue weighted by Gasteiger charge is -2.28. The number of aromatic nitrogens is 1. The van der Waals surface area contributed by atoms with Crippen molar-refractivity contribution in [2.75, 3.05) is 4.90 Å². The number of aliphatic hydroxyl groups is 1. The van der Waals surface area contributed by atoms with Gasteiger partial charge in [0, 0.05) is 12.4 Å². The molecule has 0 spiro atoms. The van der Waals surface area contributed by atoms with Crippen LogP contribution in [0.5, 0.6) is 0 Å². The molecule has 1 atom stereocenters. The van der Waals surface area contributed by atoms with E-state index in [1.54, 1.807) is 12.4 Å². The maximum absolute atomic E-state index is 9.67. The molecule has 0 saturated carbocycles. The predicted molar refractivity (Wildman–Crippen MR) is 51.1 cm³/mol. The maximum Gasteiger partial charge on any atom is 0.131 e. The standard InChI is InChI=1S/C10H12N2O/c13-10-5-1-2-7-12(10)9-4-3-6-11-8-9/h2-4,6-8,10,13H,1,5H2. The predicted octanol–water partition coefficient (Wildman–Crippen LogP) is 1.51. The average molecular weight is 176 g/mol. The van der Waals surface area contributed by atoms with Crippen LogP contribution in [0, 0.1) is 0 Å². The Morgan fingerprint density at radius 1 is 1.54 bits per heavy atom. The van der Waals surface area contributed by atoms with Gasteiger partial charge in [-0.15, -0.1) is 0 Å². The highest BCUT2D eigenvalue weighted by Crippen LogP contribution is 2.20. The van der Waals surface area contributed by atoms with Crippen molar-refractivity contribution in [1.29, 1.82) is 0 Å². The largest absolute Gasteiger partial charge is 0.373 e. The Kier molecular flexibility index (Phi) is 2.27. The maximum atomic E-state index is 9.67. The summed E-state index contributed by atoms with van der Waals surface area (Å²) in [5, 5.41) is 9.67. The molecule has 0 bridgehead atoms. The highest BCUT2D eigenvalue weighted by atomic mass is 16.3. The molecule has 3 nitrogen and oxygen atoms in total. The molecule has 0 amide bonds. The Morgan fingerprint density at radius 3 is 3.15 bits per heavy atom. The van der Waals surface area contributed by atoms with Crippen LogP contribution < -0.4 is 4.90 Å². The first-order chi connectivity index (χ1) is 6.38. The van der Waals surface area contributed by atoms with Gasteiger partial charge in [0.15, 0.2) is 0 Å². The van der Waals surface area contributed by atoms with Crippen LogP contribution in [0.25, 0.3) is 0 Å². The fraction of sp³-hybridized carbons (Fsp3) is 0.300. The van der Waals surface area contributed by atoms with Gasteiger partial charge in [0.2, 0.25) is 0 Å². The average Bonchev–Trinajstić information content (AvgIpc) is 2.20. The van der Waals surface area contributed by atoms with E-state index in [9.17, 15) is 5.11 Å². The van der Waals surface area contributed by atoms with Crippen molar-refractivity contribution in [2.24, 2.45) is 0 Å². The lowest BCUT2D eigenvalue weighted by Crippen LogP contribution is -2.32. The third-order valence-electron chi connectivity index (χ3n) is 2.12. The summed E-state index contributed by atoms with van der Waals surface area (Å²) in [6.07, 6.45) is 8.76. The molecule has 1 N–H and O–H groups in total. The summed E-state index contributed by atoms with van der Waals surface area (Å²) in [6.45, 7) is 0. The Morgan fingerprint density at radius 2 is 2.46 bits per heavy atom. The van der Waals surface area contributed by atoms with Crippen molar-refractivity contribution in [3.63, 3.8) is 0 Å². The molecule has 3 heteroatoms. The van der Waals surface area contributed by atoms with Crippen LogP contribution in [0.1, 0.15) is 12.8 Å². The summed E-state index contributed by atoms with van der Waals surface area (Å²) < 4.78 is 0. The fourth-order valence-electron chi connectivity index (χ4n) is 1.44. The molecular weight excluding hydrogens is 164 g/mol. The topological polar surface area (TPSA) is 36.4 Å². The molecule has 2 heterocycles. The van der Waals surface area contributed by atoms with E-state index >= 15 is 0 Å². The van der Waals surface area contributed by atoms with Crippen LogP contribution in [0.3, 0.4) is 0 Å². The molecule has 1 aromatic rings. The van der Waals surface area contributed by atoms with Crippen LogP contribution >= 0.6 is 0 Å². The summed E-state index contributed by atoms with van der Waals surface area (Å²) in [7, 11) is 0. The third kappa shape index (κ3) is 1.70. The molecular formula is C10H12N2O. The number of allylic oxidation sites excluding steroid dienone is 1. The van der Waals surface area contributed by atoms with Gasteiger partial charge in [0.05, 0.1) is 11.9 Å². The van der Waals surface area contributed by atoms with E-state index in [1.807, 2.05) is 23.2 Å². The van der Waals surface area contributed by atoms with Gasteiger partial charge in [-0.25, -0.2) is 0 Å². The van der Waals surface area contributed by atoms with Gasteiger partial charge in [0.1, 0.15) is 6.23 Å². The van der Waals surface area contributed by atoms with Gasteiger partial charge < -0.3 is 10.0 Å². The van der Waals surface area contributed by atoms with E-state index in [2.05, 4.69) is 11.1 Å². The van der Waals surface area contributed by atoms with Crippen LogP contribution in [-0.4, -0.2) is 16.3 Å². The second-order valence-electron chi connectivity index (χ2n) is 3.06. The summed E-state index contributed by atoms with van der Waals surface area (Å²) in [5.74, 6) is 0. The van der Waals surface area contributed by atoms with Crippen LogP contribution in [0.15, 0.2) is 36.8 Å². The van der Waals surface area contributed by atoms with Crippen LogP contribution in [0.4, 0.5) is 5.69 Å². The minimum atomic E-state index is -0.408. The van der Waals surface area contributed by atoms with Gasteiger partial charge in [-0.2, -0.15) is 0 Å². The zero-order valence-corrected chi connectivity index (χ0v) is 7.30. The van der Waals surface area contributed by atoms with Gasteiger partial charge >= 0.3 is 0 Å². The van der Waals surface area contributed by atoms with Gasteiger partial charge in [0.25, 0.3) is 0 Å². The van der Waals surface area contributed by atoms with Crippen molar-refractivity contribution in [2.45, 2.75) is 19.1 Å². The van der Waals surface area contributed by atoms with Gasteiger partial charge in [-0.1, -0.05) is 6.08 Å². The lowest BCUT2D eigenvalue weighted by atomic mass is 10.2. The number of nitrogens with zero attached hydrogens (tertiary/aromatic N) is 2. The summed E-state index contributed by atoms with van der Waals surface area (Å²) in [6, 6.07) is 3.80. The third-order valence-corrected chi connectivity index (χ3v) is 2.12. The Balaban J connectivity index is 2.25. The first-order valence-corrected chi connectivity index (χ1v) is 4.41. The molecule has 1 aromatic heterocycles. The molecule has 2 rings (SSSR count). The highest BCUT2D eigenvalue weighted by Gasteiger charge is 2.15. The van der Waals surface area contributed by atoms with Crippen molar-refractivity contribution in [1.82, 2.24) is 4.98 Å². The molecule has 0 aliphatic carbocycles. The molecule has 1 aliphatic heterocycles.